The van der Waals surface area contributed by atoms with Gasteiger partial charge in [0.15, 0.2) is 0 Å². The Balaban J connectivity index is 2.33. The molecule has 1 aromatic carbocycles. The van der Waals surface area contributed by atoms with Crippen molar-refractivity contribution in [2.24, 2.45) is 0 Å². The molecule has 0 aliphatic rings. The molecule has 20 heavy (non-hydrogen) atoms. The van der Waals surface area contributed by atoms with Crippen molar-refractivity contribution in [1.82, 2.24) is 9.97 Å². The molecule has 0 atom stereocenters. The molecule has 0 aliphatic carbocycles. The van der Waals surface area contributed by atoms with Crippen LogP contribution in [0.25, 0.3) is 0 Å². The number of aromatic nitrogens is 2. The number of hydrogen-bond donors (Lipinski definition) is 2. The van der Waals surface area contributed by atoms with E-state index in [1.165, 1.54) is 0 Å². The second kappa shape index (κ2) is 6.42. The fourth-order valence-electron chi connectivity index (χ4n) is 1.59. The molecule has 7 heteroatoms. The highest BCUT2D eigenvalue weighted by Crippen LogP contribution is 2.30. The highest BCUT2D eigenvalue weighted by Gasteiger charge is 2.07. The fraction of sp³-hybridized carbons (Fsp3) is 0.231. The predicted octanol–water partition coefficient (Wildman–Crippen LogP) is 3.04. The molecule has 0 aliphatic heterocycles. The molecule has 0 fully saturated rings. The van der Waals surface area contributed by atoms with Crippen molar-refractivity contribution in [2.75, 3.05) is 31.9 Å². The van der Waals surface area contributed by atoms with Crippen molar-refractivity contribution in [3.63, 3.8) is 0 Å². The van der Waals surface area contributed by atoms with E-state index in [4.69, 9.17) is 9.47 Å². The lowest BCUT2D eigenvalue weighted by Crippen LogP contribution is -2.01. The van der Waals surface area contributed by atoms with Crippen LogP contribution in [0.15, 0.2) is 28.9 Å². The maximum absolute atomic E-state index is 5.23. The molecule has 0 radical (unpaired) electrons. The van der Waals surface area contributed by atoms with Crippen molar-refractivity contribution in [3.8, 4) is 11.5 Å². The Morgan fingerprint density at radius 1 is 1.10 bits per heavy atom. The van der Waals surface area contributed by atoms with Gasteiger partial charge in [0.1, 0.15) is 17.3 Å². The van der Waals surface area contributed by atoms with Gasteiger partial charge in [-0.25, -0.2) is 4.98 Å². The molecule has 2 rings (SSSR count). The van der Waals surface area contributed by atoms with Gasteiger partial charge in [0, 0.05) is 37.1 Å². The van der Waals surface area contributed by atoms with Crippen LogP contribution < -0.4 is 20.1 Å². The Bertz CT molecular complexity index is 585. The van der Waals surface area contributed by atoms with Crippen LogP contribution in [-0.4, -0.2) is 31.2 Å². The standard InChI is InChI=1S/C13H15BrN4O2/c1-15-13-16-7-11(14)12(18-13)17-8-4-9(19-2)6-10(5-8)20-3/h4-7H,1-3H3,(H2,15,16,17,18). The summed E-state index contributed by atoms with van der Waals surface area (Å²) in [7, 11) is 4.98. The van der Waals surface area contributed by atoms with E-state index < -0.39 is 0 Å². The van der Waals surface area contributed by atoms with Crippen LogP contribution in [-0.2, 0) is 0 Å². The molecule has 106 valence electrons. The maximum Gasteiger partial charge on any atom is 0.224 e. The molecule has 2 N–H and O–H groups in total. The van der Waals surface area contributed by atoms with Gasteiger partial charge in [0.05, 0.1) is 18.7 Å². The number of benzene rings is 1. The van der Waals surface area contributed by atoms with Crippen LogP contribution in [0.1, 0.15) is 0 Å². The highest BCUT2D eigenvalue weighted by molar-refractivity contribution is 9.10. The summed E-state index contributed by atoms with van der Waals surface area (Å²) in [5.41, 5.74) is 0.808. The first kappa shape index (κ1) is 14.4. The van der Waals surface area contributed by atoms with Gasteiger partial charge in [0.25, 0.3) is 0 Å². The Morgan fingerprint density at radius 2 is 1.75 bits per heavy atom. The van der Waals surface area contributed by atoms with Crippen molar-refractivity contribution in [2.45, 2.75) is 0 Å². The monoisotopic (exact) mass is 338 g/mol. The SMILES string of the molecule is CNc1ncc(Br)c(Nc2cc(OC)cc(OC)c2)n1. The van der Waals surface area contributed by atoms with E-state index in [9.17, 15) is 0 Å². The molecule has 0 unspecified atom stereocenters. The lowest BCUT2D eigenvalue weighted by atomic mass is 10.2. The van der Waals surface area contributed by atoms with Gasteiger partial charge < -0.3 is 20.1 Å². The second-order valence-electron chi connectivity index (χ2n) is 3.87. The predicted molar refractivity (Wildman–Crippen MR) is 82.1 cm³/mol. The number of hydrogen-bond acceptors (Lipinski definition) is 6. The molecule has 1 heterocycles. The molecule has 0 saturated carbocycles. The van der Waals surface area contributed by atoms with E-state index in [1.807, 2.05) is 12.1 Å². The summed E-state index contributed by atoms with van der Waals surface area (Å²) in [6.07, 6.45) is 1.68. The Labute approximate surface area is 125 Å². The Morgan fingerprint density at radius 3 is 2.30 bits per heavy atom. The third kappa shape index (κ3) is 3.30. The molecule has 0 amide bonds. The first-order valence-corrected chi connectivity index (χ1v) is 6.66. The maximum atomic E-state index is 5.23. The Kier molecular flexibility index (Phi) is 4.62. The summed E-state index contributed by atoms with van der Waals surface area (Å²) < 4.78 is 11.2. The minimum absolute atomic E-state index is 0.533. The summed E-state index contributed by atoms with van der Waals surface area (Å²) in [5, 5.41) is 6.09. The Hall–Kier alpha value is -2.02. The van der Waals surface area contributed by atoms with Gasteiger partial charge in [-0.1, -0.05) is 0 Å². The van der Waals surface area contributed by atoms with E-state index in [-0.39, 0.29) is 0 Å². The molecule has 0 saturated heterocycles. The van der Waals surface area contributed by atoms with E-state index in [2.05, 4.69) is 36.5 Å². The van der Waals surface area contributed by atoms with Crippen molar-refractivity contribution >= 4 is 33.4 Å². The molecule has 2 aromatic rings. The number of anilines is 3. The van der Waals surface area contributed by atoms with Crippen LogP contribution in [0.3, 0.4) is 0 Å². The summed E-state index contributed by atoms with van der Waals surface area (Å²) in [6.45, 7) is 0. The van der Waals surface area contributed by atoms with Gasteiger partial charge in [-0.2, -0.15) is 4.98 Å². The van der Waals surface area contributed by atoms with Gasteiger partial charge >= 0.3 is 0 Å². The number of rotatable bonds is 5. The lowest BCUT2D eigenvalue weighted by molar-refractivity contribution is 0.395. The number of nitrogens with one attached hydrogen (secondary N) is 2. The zero-order valence-corrected chi connectivity index (χ0v) is 13.0. The topological polar surface area (TPSA) is 68.3 Å². The van der Waals surface area contributed by atoms with Crippen molar-refractivity contribution in [1.29, 1.82) is 0 Å². The number of halogens is 1. The largest absolute Gasteiger partial charge is 0.497 e. The minimum atomic E-state index is 0.533. The lowest BCUT2D eigenvalue weighted by Gasteiger charge is -2.11. The van der Waals surface area contributed by atoms with Gasteiger partial charge in [-0.05, 0) is 15.9 Å². The van der Waals surface area contributed by atoms with E-state index in [1.54, 1.807) is 33.5 Å². The van der Waals surface area contributed by atoms with Crippen LogP contribution in [0, 0.1) is 0 Å². The van der Waals surface area contributed by atoms with Gasteiger partial charge in [0.2, 0.25) is 5.95 Å². The van der Waals surface area contributed by atoms with E-state index in [0.29, 0.717) is 23.3 Å². The van der Waals surface area contributed by atoms with Crippen molar-refractivity contribution < 1.29 is 9.47 Å². The average Bonchev–Trinajstić information content (AvgIpc) is 2.49. The third-order valence-electron chi connectivity index (χ3n) is 2.58. The van der Waals surface area contributed by atoms with Crippen LogP contribution in [0.4, 0.5) is 17.5 Å². The number of nitrogens with zero attached hydrogens (tertiary/aromatic N) is 2. The third-order valence-corrected chi connectivity index (χ3v) is 3.16. The van der Waals surface area contributed by atoms with Crippen LogP contribution in [0.5, 0.6) is 11.5 Å². The summed E-state index contributed by atoms with van der Waals surface area (Å²) in [4.78, 5) is 8.44. The summed E-state index contributed by atoms with van der Waals surface area (Å²) >= 11 is 3.41. The van der Waals surface area contributed by atoms with Crippen molar-refractivity contribution in [3.05, 3.63) is 28.9 Å². The van der Waals surface area contributed by atoms with E-state index >= 15 is 0 Å². The van der Waals surface area contributed by atoms with Crippen LogP contribution >= 0.6 is 15.9 Å². The van der Waals surface area contributed by atoms with Gasteiger partial charge in [-0.3, -0.25) is 0 Å². The molecular weight excluding hydrogens is 324 g/mol. The normalized spacial score (nSPS) is 10.0. The molecular formula is C13H15BrN4O2. The zero-order chi connectivity index (χ0) is 14.5. The summed E-state index contributed by atoms with van der Waals surface area (Å²) in [6, 6.07) is 5.52. The second-order valence-corrected chi connectivity index (χ2v) is 4.72. The minimum Gasteiger partial charge on any atom is -0.497 e. The average molecular weight is 339 g/mol. The number of ether oxygens (including phenoxy) is 2. The fourth-order valence-corrected chi connectivity index (χ4v) is 1.88. The molecule has 0 bridgehead atoms. The van der Waals surface area contributed by atoms with Crippen LogP contribution in [0.2, 0.25) is 0 Å². The summed E-state index contributed by atoms with van der Waals surface area (Å²) in [5.74, 6) is 2.59. The highest BCUT2D eigenvalue weighted by atomic mass is 79.9. The molecule has 1 aromatic heterocycles. The first-order valence-electron chi connectivity index (χ1n) is 5.86. The zero-order valence-electron chi connectivity index (χ0n) is 11.4. The molecule has 6 nitrogen and oxygen atoms in total. The first-order chi connectivity index (χ1) is 9.66. The quantitative estimate of drug-likeness (QED) is 0.873. The smallest absolute Gasteiger partial charge is 0.224 e. The van der Waals surface area contributed by atoms with Gasteiger partial charge in [-0.15, -0.1) is 0 Å². The van der Waals surface area contributed by atoms with E-state index in [0.717, 1.165) is 10.2 Å². The number of methoxy groups -OCH3 is 2. The molecule has 0 spiro atoms.